The predicted molar refractivity (Wildman–Crippen MR) is 73.4 cm³/mol. The van der Waals surface area contributed by atoms with Gasteiger partial charge >= 0.3 is 0 Å². The third kappa shape index (κ3) is 1.99. The van der Waals surface area contributed by atoms with Crippen molar-refractivity contribution in [1.29, 1.82) is 0 Å². The molecule has 1 aromatic rings. The Morgan fingerprint density at radius 2 is 2.21 bits per heavy atom. The molecule has 0 aliphatic carbocycles. The SMILES string of the molecule is CCC(C)N1C(N)=NCC1c1ccc2c(c1)OCO2. The number of aliphatic imine (C=N–C) groups is 1. The minimum atomic E-state index is 0.199. The summed E-state index contributed by atoms with van der Waals surface area (Å²) in [6.45, 7) is 5.34. The van der Waals surface area contributed by atoms with Crippen LogP contribution in [0, 0.1) is 0 Å². The third-order valence-corrected chi connectivity index (χ3v) is 3.87. The van der Waals surface area contributed by atoms with E-state index < -0.39 is 0 Å². The standard InChI is InChI=1S/C14H19N3O2/c1-3-9(2)17-11(7-16-14(17)15)10-4-5-12-13(6-10)19-8-18-12/h4-6,9,11H,3,7-8H2,1-2H3,(H2,15,16). The van der Waals surface area contributed by atoms with Crippen LogP contribution in [0.2, 0.25) is 0 Å². The number of nitrogens with two attached hydrogens (primary N) is 1. The molecule has 0 bridgehead atoms. The molecule has 0 aromatic heterocycles. The maximum Gasteiger partial charge on any atom is 0.231 e. The second-order valence-corrected chi connectivity index (χ2v) is 4.99. The van der Waals surface area contributed by atoms with Crippen LogP contribution < -0.4 is 15.2 Å². The van der Waals surface area contributed by atoms with E-state index in [-0.39, 0.29) is 6.04 Å². The van der Waals surface area contributed by atoms with Crippen LogP contribution in [-0.2, 0) is 0 Å². The molecule has 5 heteroatoms. The summed E-state index contributed by atoms with van der Waals surface area (Å²) in [4.78, 5) is 6.58. The number of nitrogens with zero attached hydrogens (tertiary/aromatic N) is 2. The van der Waals surface area contributed by atoms with Crippen LogP contribution in [0.4, 0.5) is 0 Å². The summed E-state index contributed by atoms with van der Waals surface area (Å²) < 4.78 is 10.8. The average Bonchev–Trinajstić information content (AvgIpc) is 3.03. The van der Waals surface area contributed by atoms with Gasteiger partial charge < -0.3 is 20.1 Å². The van der Waals surface area contributed by atoms with Gasteiger partial charge in [0.25, 0.3) is 0 Å². The summed E-state index contributed by atoms with van der Waals surface area (Å²) in [7, 11) is 0. The van der Waals surface area contributed by atoms with E-state index in [9.17, 15) is 0 Å². The molecule has 2 aliphatic rings. The predicted octanol–water partition coefficient (Wildman–Crippen LogP) is 1.89. The molecule has 102 valence electrons. The summed E-state index contributed by atoms with van der Waals surface area (Å²) >= 11 is 0. The van der Waals surface area contributed by atoms with E-state index in [4.69, 9.17) is 15.2 Å². The van der Waals surface area contributed by atoms with E-state index in [0.717, 1.165) is 17.9 Å². The Labute approximate surface area is 113 Å². The zero-order chi connectivity index (χ0) is 13.4. The molecule has 0 fully saturated rings. The number of benzene rings is 1. The molecular formula is C14H19N3O2. The van der Waals surface area contributed by atoms with Gasteiger partial charge in [0.05, 0.1) is 12.6 Å². The van der Waals surface area contributed by atoms with Crippen molar-refractivity contribution in [2.24, 2.45) is 10.7 Å². The summed E-state index contributed by atoms with van der Waals surface area (Å²) in [6, 6.07) is 6.64. The molecule has 19 heavy (non-hydrogen) atoms. The molecule has 2 atom stereocenters. The largest absolute Gasteiger partial charge is 0.454 e. The van der Waals surface area contributed by atoms with E-state index in [0.29, 0.717) is 25.3 Å². The van der Waals surface area contributed by atoms with Crippen LogP contribution >= 0.6 is 0 Å². The van der Waals surface area contributed by atoms with E-state index in [1.54, 1.807) is 0 Å². The summed E-state index contributed by atoms with van der Waals surface area (Å²) in [5.74, 6) is 2.26. The minimum Gasteiger partial charge on any atom is -0.454 e. The quantitative estimate of drug-likeness (QED) is 0.902. The topological polar surface area (TPSA) is 60.1 Å². The van der Waals surface area contributed by atoms with Gasteiger partial charge in [-0.15, -0.1) is 0 Å². The zero-order valence-electron chi connectivity index (χ0n) is 11.3. The normalized spacial score (nSPS) is 22.5. The lowest BCUT2D eigenvalue weighted by molar-refractivity contribution is 0.174. The van der Waals surface area contributed by atoms with Gasteiger partial charge in [-0.2, -0.15) is 0 Å². The Morgan fingerprint density at radius 1 is 1.42 bits per heavy atom. The molecule has 2 unspecified atom stereocenters. The molecule has 2 N–H and O–H groups in total. The van der Waals surface area contributed by atoms with Gasteiger partial charge in [-0.25, -0.2) is 0 Å². The molecule has 0 saturated heterocycles. The molecule has 2 heterocycles. The van der Waals surface area contributed by atoms with Gasteiger partial charge in [0.15, 0.2) is 17.5 Å². The van der Waals surface area contributed by atoms with Crippen molar-refractivity contribution < 1.29 is 9.47 Å². The van der Waals surface area contributed by atoms with Crippen LogP contribution in [0.3, 0.4) is 0 Å². The molecule has 0 radical (unpaired) electrons. The first-order valence-electron chi connectivity index (χ1n) is 6.68. The van der Waals surface area contributed by atoms with Crippen LogP contribution in [0.15, 0.2) is 23.2 Å². The van der Waals surface area contributed by atoms with Gasteiger partial charge in [0.2, 0.25) is 6.79 Å². The first-order chi connectivity index (χ1) is 9.20. The van der Waals surface area contributed by atoms with Crippen molar-refractivity contribution in [1.82, 2.24) is 4.90 Å². The van der Waals surface area contributed by atoms with Gasteiger partial charge in [0.1, 0.15) is 0 Å². The molecule has 3 rings (SSSR count). The molecular weight excluding hydrogens is 242 g/mol. The summed E-state index contributed by atoms with van der Waals surface area (Å²) in [5.41, 5.74) is 7.19. The Hall–Kier alpha value is -1.91. The first kappa shape index (κ1) is 12.1. The van der Waals surface area contributed by atoms with E-state index in [2.05, 4.69) is 29.8 Å². The molecule has 0 spiro atoms. The van der Waals surface area contributed by atoms with Crippen LogP contribution in [0.1, 0.15) is 31.9 Å². The Bertz CT molecular complexity index is 515. The number of guanidine groups is 1. The van der Waals surface area contributed by atoms with Crippen molar-refractivity contribution in [2.45, 2.75) is 32.4 Å². The smallest absolute Gasteiger partial charge is 0.231 e. The molecule has 5 nitrogen and oxygen atoms in total. The number of hydrogen-bond acceptors (Lipinski definition) is 5. The Kier molecular flexibility index (Phi) is 2.97. The lowest BCUT2D eigenvalue weighted by Gasteiger charge is -2.32. The highest BCUT2D eigenvalue weighted by Gasteiger charge is 2.31. The van der Waals surface area contributed by atoms with Gasteiger partial charge in [-0.3, -0.25) is 4.99 Å². The molecule has 2 aliphatic heterocycles. The number of rotatable bonds is 3. The number of fused-ring (bicyclic) bond motifs is 1. The maximum atomic E-state index is 6.02. The second kappa shape index (κ2) is 4.64. The van der Waals surface area contributed by atoms with Crippen LogP contribution in [0.5, 0.6) is 11.5 Å². The van der Waals surface area contributed by atoms with Crippen molar-refractivity contribution in [3.63, 3.8) is 0 Å². The van der Waals surface area contributed by atoms with E-state index >= 15 is 0 Å². The van der Waals surface area contributed by atoms with Gasteiger partial charge in [-0.1, -0.05) is 13.0 Å². The second-order valence-electron chi connectivity index (χ2n) is 4.99. The Morgan fingerprint density at radius 3 is 3.00 bits per heavy atom. The van der Waals surface area contributed by atoms with Crippen molar-refractivity contribution in [2.75, 3.05) is 13.3 Å². The summed E-state index contributed by atoms with van der Waals surface area (Å²) in [6.07, 6.45) is 1.04. The average molecular weight is 261 g/mol. The van der Waals surface area contributed by atoms with E-state index in [1.165, 1.54) is 5.56 Å². The van der Waals surface area contributed by atoms with Gasteiger partial charge in [-0.05, 0) is 31.0 Å². The lowest BCUT2D eigenvalue weighted by atomic mass is 10.0. The first-order valence-corrected chi connectivity index (χ1v) is 6.68. The lowest BCUT2D eigenvalue weighted by Crippen LogP contribution is -2.42. The van der Waals surface area contributed by atoms with Crippen LogP contribution in [0.25, 0.3) is 0 Å². The van der Waals surface area contributed by atoms with Crippen molar-refractivity contribution >= 4 is 5.96 Å². The fourth-order valence-corrected chi connectivity index (χ4v) is 2.63. The fraction of sp³-hybridized carbons (Fsp3) is 0.500. The van der Waals surface area contributed by atoms with Crippen molar-refractivity contribution in [3.8, 4) is 11.5 Å². The molecule has 0 saturated carbocycles. The third-order valence-electron chi connectivity index (χ3n) is 3.87. The summed E-state index contributed by atoms with van der Waals surface area (Å²) in [5, 5.41) is 0. The van der Waals surface area contributed by atoms with Crippen LogP contribution in [-0.4, -0.2) is 30.2 Å². The highest BCUT2D eigenvalue weighted by atomic mass is 16.7. The Balaban J connectivity index is 1.89. The number of ether oxygens (including phenoxy) is 2. The van der Waals surface area contributed by atoms with Crippen molar-refractivity contribution in [3.05, 3.63) is 23.8 Å². The zero-order valence-corrected chi connectivity index (χ0v) is 11.3. The monoisotopic (exact) mass is 261 g/mol. The molecule has 0 amide bonds. The highest BCUT2D eigenvalue weighted by Crippen LogP contribution is 2.37. The highest BCUT2D eigenvalue weighted by molar-refractivity contribution is 5.80. The van der Waals surface area contributed by atoms with Gasteiger partial charge in [0, 0.05) is 6.04 Å². The maximum absolute atomic E-state index is 6.02. The van der Waals surface area contributed by atoms with E-state index in [1.807, 2.05) is 12.1 Å². The minimum absolute atomic E-state index is 0.199. The number of hydrogen-bond donors (Lipinski definition) is 1. The fourth-order valence-electron chi connectivity index (χ4n) is 2.63. The molecule has 1 aromatic carbocycles.